The number of carbonyl (C=O) groups is 1. The van der Waals surface area contributed by atoms with E-state index in [4.69, 9.17) is 19.2 Å². The van der Waals surface area contributed by atoms with Crippen LogP contribution in [0.5, 0.6) is 11.5 Å². The summed E-state index contributed by atoms with van der Waals surface area (Å²) >= 11 is 0. The molecule has 42 heavy (non-hydrogen) atoms. The molecular formula is C36H30N2O4. The number of imidazole rings is 1. The van der Waals surface area contributed by atoms with Gasteiger partial charge in [0.15, 0.2) is 11.5 Å². The van der Waals surface area contributed by atoms with Crippen molar-refractivity contribution in [2.24, 2.45) is 0 Å². The molecule has 6 heteroatoms. The first-order valence-corrected chi connectivity index (χ1v) is 13.8. The van der Waals surface area contributed by atoms with E-state index in [-0.39, 0.29) is 0 Å². The molecule has 0 amide bonds. The minimum atomic E-state index is -0.396. The summed E-state index contributed by atoms with van der Waals surface area (Å²) in [6, 6.07) is 41.7. The van der Waals surface area contributed by atoms with Gasteiger partial charge in [-0.05, 0) is 53.1 Å². The molecule has 208 valence electrons. The van der Waals surface area contributed by atoms with Crippen LogP contribution in [0.15, 0.2) is 127 Å². The van der Waals surface area contributed by atoms with Gasteiger partial charge in [0.1, 0.15) is 19.0 Å². The molecule has 5 aromatic carbocycles. The van der Waals surface area contributed by atoms with E-state index in [1.54, 1.807) is 12.1 Å². The van der Waals surface area contributed by atoms with E-state index in [0.717, 1.165) is 33.6 Å². The molecule has 1 heterocycles. The standard InChI is InChI=1S/C36H30N2O4/c1-40-36(39)30-17-19-32-31(21-30)37-35(38(32)23-26-11-5-2-6-12-26)29-18-20-33(41-24-27-13-7-3-8-14-27)34(22-29)42-25-28-15-9-4-10-16-28/h2-22H,23-25H2,1H3. The lowest BCUT2D eigenvalue weighted by atomic mass is 10.1. The van der Waals surface area contributed by atoms with Crippen molar-refractivity contribution < 1.29 is 19.0 Å². The number of fused-ring (bicyclic) bond motifs is 1. The molecule has 6 nitrogen and oxygen atoms in total. The van der Waals surface area contributed by atoms with Gasteiger partial charge in [-0.15, -0.1) is 0 Å². The molecule has 0 saturated carbocycles. The van der Waals surface area contributed by atoms with E-state index in [1.165, 1.54) is 7.11 Å². The molecule has 6 aromatic rings. The van der Waals surface area contributed by atoms with Crippen LogP contribution in [0.2, 0.25) is 0 Å². The van der Waals surface area contributed by atoms with Crippen LogP contribution in [0.1, 0.15) is 27.0 Å². The first-order valence-electron chi connectivity index (χ1n) is 13.8. The second kappa shape index (κ2) is 12.4. The highest BCUT2D eigenvalue weighted by Gasteiger charge is 2.18. The highest BCUT2D eigenvalue weighted by Crippen LogP contribution is 2.35. The van der Waals surface area contributed by atoms with Crippen LogP contribution < -0.4 is 9.47 Å². The summed E-state index contributed by atoms with van der Waals surface area (Å²) in [4.78, 5) is 17.3. The van der Waals surface area contributed by atoms with E-state index in [2.05, 4.69) is 16.7 Å². The van der Waals surface area contributed by atoms with Crippen LogP contribution >= 0.6 is 0 Å². The van der Waals surface area contributed by atoms with Gasteiger partial charge in [0.25, 0.3) is 0 Å². The average Bonchev–Trinajstić information content (AvgIpc) is 3.41. The maximum Gasteiger partial charge on any atom is 0.337 e. The van der Waals surface area contributed by atoms with Crippen LogP contribution in [0.4, 0.5) is 0 Å². The lowest BCUT2D eigenvalue weighted by Crippen LogP contribution is -2.04. The van der Waals surface area contributed by atoms with E-state index in [1.807, 2.05) is 103 Å². The summed E-state index contributed by atoms with van der Waals surface area (Å²) in [6.45, 7) is 1.43. The molecule has 0 aliphatic rings. The van der Waals surface area contributed by atoms with Crippen molar-refractivity contribution in [1.82, 2.24) is 9.55 Å². The monoisotopic (exact) mass is 554 g/mol. The number of hydrogen-bond acceptors (Lipinski definition) is 5. The third-order valence-electron chi connectivity index (χ3n) is 7.03. The number of esters is 1. The van der Waals surface area contributed by atoms with E-state index in [0.29, 0.717) is 42.3 Å². The van der Waals surface area contributed by atoms with Gasteiger partial charge >= 0.3 is 5.97 Å². The molecule has 0 atom stereocenters. The number of benzene rings is 5. The second-order valence-corrected chi connectivity index (χ2v) is 9.91. The SMILES string of the molecule is COC(=O)c1ccc2c(c1)nc(-c1ccc(OCc3ccccc3)c(OCc3ccccc3)c1)n2Cc1ccccc1. The van der Waals surface area contributed by atoms with E-state index in [9.17, 15) is 4.79 Å². The second-order valence-electron chi connectivity index (χ2n) is 9.91. The molecule has 0 radical (unpaired) electrons. The third-order valence-corrected chi connectivity index (χ3v) is 7.03. The minimum Gasteiger partial charge on any atom is -0.485 e. The zero-order valence-electron chi connectivity index (χ0n) is 23.3. The van der Waals surface area contributed by atoms with Gasteiger partial charge in [-0.1, -0.05) is 91.0 Å². The Morgan fingerprint density at radius 2 is 1.26 bits per heavy atom. The van der Waals surface area contributed by atoms with E-state index >= 15 is 0 Å². The van der Waals surface area contributed by atoms with Crippen molar-refractivity contribution in [3.63, 3.8) is 0 Å². The Morgan fingerprint density at radius 3 is 1.88 bits per heavy atom. The number of aromatic nitrogens is 2. The number of hydrogen-bond donors (Lipinski definition) is 0. The number of ether oxygens (including phenoxy) is 3. The quantitative estimate of drug-likeness (QED) is 0.162. The normalized spacial score (nSPS) is 10.9. The van der Waals surface area contributed by atoms with Crippen molar-refractivity contribution in [2.45, 2.75) is 19.8 Å². The predicted octanol–water partition coefficient (Wildman–Crippen LogP) is 7.70. The van der Waals surface area contributed by atoms with Crippen LogP contribution in [0.3, 0.4) is 0 Å². The fourth-order valence-corrected chi connectivity index (χ4v) is 4.87. The number of nitrogens with zero attached hydrogens (tertiary/aromatic N) is 2. The van der Waals surface area contributed by atoms with Gasteiger partial charge in [0.2, 0.25) is 0 Å². The lowest BCUT2D eigenvalue weighted by molar-refractivity contribution is 0.0601. The van der Waals surface area contributed by atoms with Gasteiger partial charge < -0.3 is 18.8 Å². The summed E-state index contributed by atoms with van der Waals surface area (Å²) in [7, 11) is 1.38. The number of methoxy groups -OCH3 is 1. The van der Waals surface area contributed by atoms with Crippen molar-refractivity contribution in [2.75, 3.05) is 7.11 Å². The highest BCUT2D eigenvalue weighted by atomic mass is 16.5. The molecule has 0 N–H and O–H groups in total. The number of carbonyl (C=O) groups excluding carboxylic acids is 1. The van der Waals surface area contributed by atoms with Gasteiger partial charge in [-0.25, -0.2) is 9.78 Å². The van der Waals surface area contributed by atoms with Gasteiger partial charge in [0.05, 0.1) is 23.7 Å². The van der Waals surface area contributed by atoms with Crippen molar-refractivity contribution in [3.05, 3.63) is 150 Å². The summed E-state index contributed by atoms with van der Waals surface area (Å²) in [6.07, 6.45) is 0. The zero-order valence-corrected chi connectivity index (χ0v) is 23.3. The Labute approximate surface area is 244 Å². The fraction of sp³-hybridized carbons (Fsp3) is 0.111. The molecule has 0 saturated heterocycles. The average molecular weight is 555 g/mol. The largest absolute Gasteiger partial charge is 0.485 e. The van der Waals surface area contributed by atoms with Gasteiger partial charge in [-0.3, -0.25) is 0 Å². The molecule has 0 fully saturated rings. The maximum absolute atomic E-state index is 12.3. The van der Waals surface area contributed by atoms with Gasteiger partial charge in [0, 0.05) is 12.1 Å². The molecule has 0 unspecified atom stereocenters. The van der Waals surface area contributed by atoms with Crippen molar-refractivity contribution in [1.29, 1.82) is 0 Å². The molecule has 6 rings (SSSR count). The van der Waals surface area contributed by atoms with Crippen LogP contribution in [-0.4, -0.2) is 22.6 Å². The fourth-order valence-electron chi connectivity index (χ4n) is 4.87. The summed E-state index contributed by atoms with van der Waals surface area (Å²) < 4.78 is 19.7. The molecule has 0 bridgehead atoms. The van der Waals surface area contributed by atoms with Crippen molar-refractivity contribution >= 4 is 17.0 Å². The van der Waals surface area contributed by atoms with Crippen LogP contribution in [0.25, 0.3) is 22.4 Å². The Kier molecular flexibility index (Phi) is 7.95. The summed E-state index contributed by atoms with van der Waals surface area (Å²) in [5.41, 5.74) is 6.22. The molecule has 0 aliphatic heterocycles. The smallest absolute Gasteiger partial charge is 0.337 e. The molecule has 0 spiro atoms. The predicted molar refractivity (Wildman–Crippen MR) is 164 cm³/mol. The summed E-state index contributed by atoms with van der Waals surface area (Å²) in [5, 5.41) is 0. The first-order chi connectivity index (χ1) is 20.7. The molecule has 1 aromatic heterocycles. The minimum absolute atomic E-state index is 0.396. The molecular weight excluding hydrogens is 524 g/mol. The Hall–Kier alpha value is -5.36. The Morgan fingerprint density at radius 1 is 0.667 bits per heavy atom. The third kappa shape index (κ3) is 6.03. The summed E-state index contributed by atoms with van der Waals surface area (Å²) in [5.74, 6) is 1.64. The Bertz CT molecular complexity index is 1800. The van der Waals surface area contributed by atoms with Crippen molar-refractivity contribution in [3.8, 4) is 22.9 Å². The highest BCUT2D eigenvalue weighted by molar-refractivity contribution is 5.94. The number of rotatable bonds is 10. The first kappa shape index (κ1) is 26.8. The molecule has 0 aliphatic carbocycles. The zero-order chi connectivity index (χ0) is 28.7. The van der Waals surface area contributed by atoms with Crippen LogP contribution in [0, 0.1) is 0 Å². The van der Waals surface area contributed by atoms with Gasteiger partial charge in [-0.2, -0.15) is 0 Å². The van der Waals surface area contributed by atoms with E-state index < -0.39 is 5.97 Å². The Balaban J connectivity index is 1.41. The topological polar surface area (TPSA) is 62.6 Å². The lowest BCUT2D eigenvalue weighted by Gasteiger charge is -2.15. The van der Waals surface area contributed by atoms with Crippen LogP contribution in [-0.2, 0) is 24.5 Å². The maximum atomic E-state index is 12.3.